The number of hydrogen-bond acceptors (Lipinski definition) is 5. The van der Waals surface area contributed by atoms with Crippen LogP contribution >= 0.6 is 11.3 Å². The topological polar surface area (TPSA) is 92.1 Å². The molecule has 120 valence electrons. The van der Waals surface area contributed by atoms with Crippen molar-refractivity contribution in [2.24, 2.45) is 0 Å². The molecule has 4 aromatic rings. The lowest BCUT2D eigenvalue weighted by Crippen LogP contribution is -2.27. The Morgan fingerprint density at radius 3 is 3.04 bits per heavy atom. The van der Waals surface area contributed by atoms with Gasteiger partial charge >= 0.3 is 0 Å². The normalized spacial score (nSPS) is 11.2. The van der Waals surface area contributed by atoms with Crippen molar-refractivity contribution in [1.29, 1.82) is 0 Å². The van der Waals surface area contributed by atoms with Crippen molar-refractivity contribution in [3.05, 3.63) is 63.9 Å². The van der Waals surface area contributed by atoms with Gasteiger partial charge in [-0.2, -0.15) is 0 Å². The molecule has 0 saturated heterocycles. The second kappa shape index (κ2) is 5.89. The number of aromatic nitrogens is 4. The standard InChI is InChI=1S/C16H13N5O2S/c22-14-10-3-1-2-4-11(10)18-13(20-14)5-6-17-15(23)12-9-21-7-8-24-16(21)19-12/h1-4,7-9H,5-6H2,(H,17,23)(H,18,20,22). The average molecular weight is 339 g/mol. The summed E-state index contributed by atoms with van der Waals surface area (Å²) >= 11 is 1.47. The van der Waals surface area contributed by atoms with Crippen LogP contribution in [0.3, 0.4) is 0 Å². The Hall–Kier alpha value is -3.00. The van der Waals surface area contributed by atoms with E-state index in [2.05, 4.69) is 20.3 Å². The Labute approximate surface area is 140 Å². The van der Waals surface area contributed by atoms with Gasteiger partial charge < -0.3 is 10.3 Å². The van der Waals surface area contributed by atoms with E-state index in [4.69, 9.17) is 0 Å². The summed E-state index contributed by atoms with van der Waals surface area (Å²) in [6.07, 6.45) is 3.98. The first kappa shape index (κ1) is 14.6. The number of aromatic amines is 1. The Morgan fingerprint density at radius 2 is 2.17 bits per heavy atom. The molecule has 0 unspecified atom stereocenters. The molecule has 0 atom stereocenters. The van der Waals surface area contributed by atoms with Crippen molar-refractivity contribution in [3.8, 4) is 0 Å². The van der Waals surface area contributed by atoms with E-state index in [0.717, 1.165) is 4.96 Å². The molecular formula is C16H13N5O2S. The molecule has 2 N–H and O–H groups in total. The predicted octanol–water partition coefficient (Wildman–Crippen LogP) is 1.60. The third-order valence-corrected chi connectivity index (χ3v) is 4.41. The monoisotopic (exact) mass is 339 g/mol. The lowest BCUT2D eigenvalue weighted by Gasteiger charge is -2.04. The van der Waals surface area contributed by atoms with Crippen molar-refractivity contribution in [2.75, 3.05) is 6.54 Å². The first-order valence-electron chi connectivity index (χ1n) is 7.39. The number of H-pyrrole nitrogens is 1. The molecule has 1 aromatic carbocycles. The van der Waals surface area contributed by atoms with Gasteiger partial charge in [-0.1, -0.05) is 12.1 Å². The zero-order valence-electron chi connectivity index (χ0n) is 12.5. The molecule has 0 radical (unpaired) electrons. The number of amides is 1. The third kappa shape index (κ3) is 2.67. The molecule has 0 saturated carbocycles. The number of hydrogen-bond donors (Lipinski definition) is 2. The molecule has 3 aromatic heterocycles. The first-order chi connectivity index (χ1) is 11.7. The minimum atomic E-state index is -0.242. The number of fused-ring (bicyclic) bond motifs is 2. The van der Waals surface area contributed by atoms with Gasteiger partial charge in [-0.15, -0.1) is 11.3 Å². The van der Waals surface area contributed by atoms with Crippen molar-refractivity contribution in [3.63, 3.8) is 0 Å². The molecule has 0 aliphatic carbocycles. The minimum Gasteiger partial charge on any atom is -0.350 e. The van der Waals surface area contributed by atoms with Crippen LogP contribution in [0, 0.1) is 0 Å². The van der Waals surface area contributed by atoms with Crippen LogP contribution in [0.25, 0.3) is 15.9 Å². The van der Waals surface area contributed by atoms with Crippen LogP contribution in [-0.4, -0.2) is 31.8 Å². The van der Waals surface area contributed by atoms with E-state index < -0.39 is 0 Å². The second-order valence-corrected chi connectivity index (χ2v) is 6.13. The molecule has 0 bridgehead atoms. The average Bonchev–Trinajstić information content (AvgIpc) is 3.16. The smallest absolute Gasteiger partial charge is 0.271 e. The lowest BCUT2D eigenvalue weighted by molar-refractivity contribution is 0.0949. The third-order valence-electron chi connectivity index (χ3n) is 3.64. The van der Waals surface area contributed by atoms with Gasteiger partial charge in [0.2, 0.25) is 0 Å². The van der Waals surface area contributed by atoms with Gasteiger partial charge in [0.15, 0.2) is 4.96 Å². The second-order valence-electron chi connectivity index (χ2n) is 5.25. The minimum absolute atomic E-state index is 0.170. The molecule has 8 heteroatoms. The van der Waals surface area contributed by atoms with Crippen LogP contribution in [0.2, 0.25) is 0 Å². The summed E-state index contributed by atoms with van der Waals surface area (Å²) in [7, 11) is 0. The first-order valence-corrected chi connectivity index (χ1v) is 8.27. The summed E-state index contributed by atoms with van der Waals surface area (Å²) in [5, 5.41) is 5.26. The largest absolute Gasteiger partial charge is 0.350 e. The number of benzene rings is 1. The number of para-hydroxylation sites is 1. The van der Waals surface area contributed by atoms with Gasteiger partial charge in [-0.05, 0) is 12.1 Å². The Morgan fingerprint density at radius 1 is 1.29 bits per heavy atom. The van der Waals surface area contributed by atoms with Gasteiger partial charge in [0.05, 0.1) is 10.9 Å². The van der Waals surface area contributed by atoms with Crippen LogP contribution in [-0.2, 0) is 6.42 Å². The van der Waals surface area contributed by atoms with Gasteiger partial charge in [0.25, 0.3) is 11.5 Å². The zero-order valence-corrected chi connectivity index (χ0v) is 13.3. The van der Waals surface area contributed by atoms with E-state index in [9.17, 15) is 9.59 Å². The van der Waals surface area contributed by atoms with Crippen molar-refractivity contribution >= 4 is 33.1 Å². The quantitative estimate of drug-likeness (QED) is 0.591. The fourth-order valence-corrected chi connectivity index (χ4v) is 3.18. The zero-order chi connectivity index (χ0) is 16.5. The number of rotatable bonds is 4. The van der Waals surface area contributed by atoms with Crippen LogP contribution in [0.5, 0.6) is 0 Å². The van der Waals surface area contributed by atoms with Gasteiger partial charge in [0.1, 0.15) is 11.5 Å². The van der Waals surface area contributed by atoms with Crippen LogP contribution in [0.1, 0.15) is 16.3 Å². The lowest BCUT2D eigenvalue weighted by atomic mass is 10.2. The highest BCUT2D eigenvalue weighted by atomic mass is 32.1. The summed E-state index contributed by atoms with van der Waals surface area (Å²) in [5.74, 6) is 0.304. The summed E-state index contributed by atoms with van der Waals surface area (Å²) in [6, 6.07) is 7.17. The van der Waals surface area contributed by atoms with Gasteiger partial charge in [-0.25, -0.2) is 9.97 Å². The summed E-state index contributed by atoms with van der Waals surface area (Å²) in [4.78, 5) is 36.3. The Bertz CT molecular complexity index is 1070. The number of nitrogens with zero attached hydrogens (tertiary/aromatic N) is 3. The fourth-order valence-electron chi connectivity index (χ4n) is 2.48. The van der Waals surface area contributed by atoms with Crippen LogP contribution in [0.4, 0.5) is 0 Å². The van der Waals surface area contributed by atoms with Gasteiger partial charge in [-0.3, -0.25) is 14.0 Å². The molecule has 0 spiro atoms. The summed E-state index contributed by atoms with van der Waals surface area (Å²) < 4.78 is 1.81. The molecule has 7 nitrogen and oxygen atoms in total. The maximum absolute atomic E-state index is 12.1. The van der Waals surface area contributed by atoms with E-state index in [1.165, 1.54) is 11.3 Å². The predicted molar refractivity (Wildman–Crippen MR) is 91.5 cm³/mol. The van der Waals surface area contributed by atoms with Crippen LogP contribution in [0.15, 0.2) is 46.8 Å². The number of carbonyl (C=O) groups is 1. The SMILES string of the molecule is O=C(NCCc1nc2ccccc2c(=O)[nH]1)c1cn2ccsc2n1. The molecule has 0 aliphatic heterocycles. The molecular weight excluding hydrogens is 326 g/mol. The van der Waals surface area contributed by atoms with E-state index in [-0.39, 0.29) is 11.5 Å². The van der Waals surface area contributed by atoms with Crippen molar-refractivity contribution in [2.45, 2.75) is 6.42 Å². The molecule has 3 heterocycles. The van der Waals surface area contributed by atoms with Crippen molar-refractivity contribution in [1.82, 2.24) is 24.7 Å². The summed E-state index contributed by atoms with van der Waals surface area (Å²) in [6.45, 7) is 0.366. The maximum atomic E-state index is 12.1. The highest BCUT2D eigenvalue weighted by molar-refractivity contribution is 7.15. The number of carbonyl (C=O) groups excluding carboxylic acids is 1. The van der Waals surface area contributed by atoms with E-state index >= 15 is 0 Å². The highest BCUT2D eigenvalue weighted by Crippen LogP contribution is 2.11. The van der Waals surface area contributed by atoms with E-state index in [1.54, 1.807) is 24.4 Å². The number of nitrogens with one attached hydrogen (secondary N) is 2. The Kier molecular flexibility index (Phi) is 3.58. The molecule has 24 heavy (non-hydrogen) atoms. The Balaban J connectivity index is 1.44. The van der Waals surface area contributed by atoms with Crippen molar-refractivity contribution < 1.29 is 4.79 Å². The fraction of sp³-hybridized carbons (Fsp3) is 0.125. The van der Waals surface area contributed by atoms with E-state index in [1.807, 2.05) is 22.0 Å². The number of imidazole rings is 1. The molecule has 0 fully saturated rings. The molecule has 1 amide bonds. The van der Waals surface area contributed by atoms with Crippen LogP contribution < -0.4 is 10.9 Å². The highest BCUT2D eigenvalue weighted by Gasteiger charge is 2.11. The summed E-state index contributed by atoms with van der Waals surface area (Å²) in [5.41, 5.74) is 0.856. The van der Waals surface area contributed by atoms with E-state index in [0.29, 0.717) is 35.4 Å². The maximum Gasteiger partial charge on any atom is 0.271 e. The molecule has 4 rings (SSSR count). The molecule has 0 aliphatic rings. The number of thiazole rings is 1. The van der Waals surface area contributed by atoms with Gasteiger partial charge in [0, 0.05) is 30.7 Å².